The SMILES string of the molecule is Nc1ccc2ccn(CCCO)c2c1. The van der Waals surface area contributed by atoms with E-state index in [0.717, 1.165) is 24.2 Å². The van der Waals surface area contributed by atoms with E-state index in [0.29, 0.717) is 0 Å². The van der Waals surface area contributed by atoms with E-state index in [1.807, 2.05) is 24.4 Å². The summed E-state index contributed by atoms with van der Waals surface area (Å²) in [5.41, 5.74) is 7.63. The Morgan fingerprint density at radius 1 is 1.29 bits per heavy atom. The standard InChI is InChI=1S/C11H14N2O/c12-10-3-2-9-4-6-13(5-1-7-14)11(9)8-10/h2-4,6,8,14H,1,5,7,12H2. The van der Waals surface area contributed by atoms with E-state index in [-0.39, 0.29) is 6.61 Å². The van der Waals surface area contributed by atoms with Crippen LogP contribution in [0.15, 0.2) is 30.5 Å². The highest BCUT2D eigenvalue weighted by Crippen LogP contribution is 2.18. The van der Waals surface area contributed by atoms with Gasteiger partial charge in [-0.2, -0.15) is 0 Å². The molecule has 0 saturated carbocycles. The third-order valence-corrected chi connectivity index (χ3v) is 2.36. The Morgan fingerprint density at radius 3 is 2.93 bits per heavy atom. The number of benzene rings is 1. The first kappa shape index (κ1) is 9.09. The summed E-state index contributed by atoms with van der Waals surface area (Å²) in [4.78, 5) is 0. The molecule has 74 valence electrons. The maximum Gasteiger partial charge on any atom is 0.0500 e. The molecule has 0 spiro atoms. The maximum absolute atomic E-state index is 8.75. The minimum absolute atomic E-state index is 0.224. The normalized spacial score (nSPS) is 10.9. The summed E-state index contributed by atoms with van der Waals surface area (Å²) in [6.07, 6.45) is 2.80. The second-order valence-corrected chi connectivity index (χ2v) is 3.40. The van der Waals surface area contributed by atoms with Gasteiger partial charge in [-0.15, -0.1) is 0 Å². The van der Waals surface area contributed by atoms with Crippen molar-refractivity contribution in [3.63, 3.8) is 0 Å². The fraction of sp³-hybridized carbons (Fsp3) is 0.273. The molecule has 0 unspecified atom stereocenters. The van der Waals surface area contributed by atoms with E-state index < -0.39 is 0 Å². The molecule has 2 rings (SSSR count). The Hall–Kier alpha value is -1.48. The highest BCUT2D eigenvalue weighted by Gasteiger charge is 2.00. The fourth-order valence-electron chi connectivity index (χ4n) is 1.64. The van der Waals surface area contributed by atoms with Gasteiger partial charge in [0.15, 0.2) is 0 Å². The van der Waals surface area contributed by atoms with Crippen molar-refractivity contribution < 1.29 is 5.11 Å². The first-order valence-corrected chi connectivity index (χ1v) is 4.76. The number of aliphatic hydroxyl groups is 1. The summed E-state index contributed by atoms with van der Waals surface area (Å²) in [5.74, 6) is 0. The average molecular weight is 190 g/mol. The molecule has 3 nitrogen and oxygen atoms in total. The molecule has 1 aromatic carbocycles. The molecule has 0 saturated heterocycles. The van der Waals surface area contributed by atoms with E-state index in [9.17, 15) is 0 Å². The average Bonchev–Trinajstić information content (AvgIpc) is 2.57. The van der Waals surface area contributed by atoms with Crippen molar-refractivity contribution in [1.82, 2.24) is 4.57 Å². The molecule has 14 heavy (non-hydrogen) atoms. The van der Waals surface area contributed by atoms with Gasteiger partial charge in [-0.05, 0) is 30.0 Å². The molecule has 3 heteroatoms. The Labute approximate surface area is 82.8 Å². The van der Waals surface area contributed by atoms with Crippen LogP contribution in [0.4, 0.5) is 5.69 Å². The zero-order valence-electron chi connectivity index (χ0n) is 7.98. The number of fused-ring (bicyclic) bond motifs is 1. The summed E-state index contributed by atoms with van der Waals surface area (Å²) in [7, 11) is 0. The van der Waals surface area contributed by atoms with Crippen LogP contribution in [0.25, 0.3) is 10.9 Å². The van der Waals surface area contributed by atoms with Crippen LogP contribution in [0.1, 0.15) is 6.42 Å². The van der Waals surface area contributed by atoms with Crippen molar-refractivity contribution >= 4 is 16.6 Å². The van der Waals surface area contributed by atoms with Gasteiger partial charge in [-0.25, -0.2) is 0 Å². The number of aliphatic hydroxyl groups excluding tert-OH is 1. The van der Waals surface area contributed by atoms with Crippen molar-refractivity contribution in [3.8, 4) is 0 Å². The summed E-state index contributed by atoms with van der Waals surface area (Å²) < 4.78 is 2.11. The van der Waals surface area contributed by atoms with Crippen molar-refractivity contribution in [2.24, 2.45) is 0 Å². The second kappa shape index (κ2) is 3.72. The van der Waals surface area contributed by atoms with Gasteiger partial charge in [0.1, 0.15) is 0 Å². The third kappa shape index (κ3) is 1.59. The molecule has 0 bridgehead atoms. The van der Waals surface area contributed by atoms with E-state index >= 15 is 0 Å². The van der Waals surface area contributed by atoms with Crippen LogP contribution in [0.3, 0.4) is 0 Å². The molecule has 0 radical (unpaired) electrons. The molecule has 0 aliphatic rings. The first-order chi connectivity index (χ1) is 6.81. The lowest BCUT2D eigenvalue weighted by molar-refractivity contribution is 0.280. The van der Waals surface area contributed by atoms with Gasteiger partial charge in [-0.3, -0.25) is 0 Å². The van der Waals surface area contributed by atoms with Gasteiger partial charge in [0.2, 0.25) is 0 Å². The number of aryl methyl sites for hydroxylation is 1. The van der Waals surface area contributed by atoms with Gasteiger partial charge in [0.05, 0.1) is 5.52 Å². The molecule has 0 fully saturated rings. The number of nitrogens with two attached hydrogens (primary N) is 1. The Morgan fingerprint density at radius 2 is 2.14 bits per heavy atom. The summed E-state index contributed by atoms with van der Waals surface area (Å²) in [6.45, 7) is 1.06. The molecular weight excluding hydrogens is 176 g/mol. The summed E-state index contributed by atoms with van der Waals surface area (Å²) >= 11 is 0. The smallest absolute Gasteiger partial charge is 0.0500 e. The van der Waals surface area contributed by atoms with Crippen LogP contribution in [0.2, 0.25) is 0 Å². The van der Waals surface area contributed by atoms with Crippen LogP contribution in [-0.2, 0) is 6.54 Å². The second-order valence-electron chi connectivity index (χ2n) is 3.40. The zero-order valence-corrected chi connectivity index (χ0v) is 7.98. The predicted molar refractivity (Wildman–Crippen MR) is 58.1 cm³/mol. The third-order valence-electron chi connectivity index (χ3n) is 2.36. The Balaban J connectivity index is 2.40. The molecule has 3 N–H and O–H groups in total. The molecule has 1 heterocycles. The highest BCUT2D eigenvalue weighted by molar-refractivity contribution is 5.83. The van der Waals surface area contributed by atoms with Gasteiger partial charge in [0, 0.05) is 25.0 Å². The van der Waals surface area contributed by atoms with Crippen molar-refractivity contribution in [2.75, 3.05) is 12.3 Å². The molecule has 0 amide bonds. The predicted octanol–water partition coefficient (Wildman–Crippen LogP) is 1.61. The number of nitrogen functional groups attached to an aromatic ring is 1. The number of nitrogens with zero attached hydrogens (tertiary/aromatic N) is 1. The van der Waals surface area contributed by atoms with Crippen LogP contribution < -0.4 is 5.73 Å². The monoisotopic (exact) mass is 190 g/mol. The van der Waals surface area contributed by atoms with Crippen LogP contribution >= 0.6 is 0 Å². The van der Waals surface area contributed by atoms with Gasteiger partial charge in [0.25, 0.3) is 0 Å². The number of hydrogen-bond acceptors (Lipinski definition) is 2. The van der Waals surface area contributed by atoms with Crippen LogP contribution in [-0.4, -0.2) is 16.3 Å². The summed E-state index contributed by atoms with van der Waals surface area (Å²) in [5, 5.41) is 9.95. The van der Waals surface area contributed by atoms with Gasteiger partial charge >= 0.3 is 0 Å². The van der Waals surface area contributed by atoms with Crippen molar-refractivity contribution in [1.29, 1.82) is 0 Å². The largest absolute Gasteiger partial charge is 0.399 e. The topological polar surface area (TPSA) is 51.2 Å². The van der Waals surface area contributed by atoms with Gasteiger partial charge < -0.3 is 15.4 Å². The Kier molecular flexibility index (Phi) is 2.41. The number of aromatic nitrogens is 1. The molecule has 2 aromatic rings. The number of hydrogen-bond donors (Lipinski definition) is 2. The quantitative estimate of drug-likeness (QED) is 0.722. The lowest BCUT2D eigenvalue weighted by atomic mass is 10.2. The van der Waals surface area contributed by atoms with E-state index in [1.165, 1.54) is 5.39 Å². The minimum atomic E-state index is 0.224. The van der Waals surface area contributed by atoms with Crippen molar-refractivity contribution in [2.45, 2.75) is 13.0 Å². The minimum Gasteiger partial charge on any atom is -0.399 e. The molecule has 0 atom stereocenters. The molecular formula is C11H14N2O. The number of anilines is 1. The van der Waals surface area contributed by atoms with Gasteiger partial charge in [-0.1, -0.05) is 6.07 Å². The Bertz CT molecular complexity index is 434. The van der Waals surface area contributed by atoms with E-state index in [1.54, 1.807) is 0 Å². The highest BCUT2D eigenvalue weighted by atomic mass is 16.3. The fourth-order valence-corrected chi connectivity index (χ4v) is 1.64. The number of rotatable bonds is 3. The lowest BCUT2D eigenvalue weighted by Gasteiger charge is -2.03. The molecule has 1 aromatic heterocycles. The molecule has 0 aliphatic carbocycles. The molecule has 0 aliphatic heterocycles. The van der Waals surface area contributed by atoms with Crippen molar-refractivity contribution in [3.05, 3.63) is 30.5 Å². The van der Waals surface area contributed by atoms with Crippen LogP contribution in [0, 0.1) is 0 Å². The lowest BCUT2D eigenvalue weighted by Crippen LogP contribution is -1.98. The van der Waals surface area contributed by atoms with E-state index in [4.69, 9.17) is 10.8 Å². The van der Waals surface area contributed by atoms with E-state index in [2.05, 4.69) is 10.6 Å². The zero-order chi connectivity index (χ0) is 9.97. The van der Waals surface area contributed by atoms with Crippen LogP contribution in [0.5, 0.6) is 0 Å². The summed E-state index contributed by atoms with van der Waals surface area (Å²) in [6, 6.07) is 7.94. The first-order valence-electron chi connectivity index (χ1n) is 4.76. The maximum atomic E-state index is 8.75.